The van der Waals surface area contributed by atoms with Crippen LogP contribution in [0, 0.1) is 10.1 Å². The van der Waals surface area contributed by atoms with E-state index in [0.717, 1.165) is 10.0 Å². The molecule has 12 heteroatoms. The Bertz CT molecular complexity index is 1120. The minimum atomic E-state index is -0.450. The summed E-state index contributed by atoms with van der Waals surface area (Å²) in [5, 5.41) is 18.2. The van der Waals surface area contributed by atoms with Crippen molar-refractivity contribution in [3.63, 3.8) is 0 Å². The number of morpholine rings is 1. The minimum absolute atomic E-state index is 0.00411. The number of benzene rings is 2. The summed E-state index contributed by atoms with van der Waals surface area (Å²) in [6.45, 7) is 2.48. The molecular formula is C20H19BrN8O3. The highest BCUT2D eigenvalue weighted by molar-refractivity contribution is 9.10. The number of non-ortho nitro benzene ring substituents is 1. The van der Waals surface area contributed by atoms with Gasteiger partial charge in [-0.2, -0.15) is 20.1 Å². The van der Waals surface area contributed by atoms with Gasteiger partial charge in [0.15, 0.2) is 0 Å². The molecule has 0 radical (unpaired) electrons. The van der Waals surface area contributed by atoms with E-state index in [0.29, 0.717) is 37.9 Å². The maximum atomic E-state index is 10.9. The van der Waals surface area contributed by atoms with Crippen LogP contribution >= 0.6 is 15.9 Å². The zero-order valence-electron chi connectivity index (χ0n) is 16.8. The number of rotatable bonds is 7. The Morgan fingerprint density at radius 1 is 1.09 bits per heavy atom. The van der Waals surface area contributed by atoms with E-state index in [1.807, 2.05) is 29.2 Å². The molecular weight excluding hydrogens is 480 g/mol. The molecule has 2 heterocycles. The van der Waals surface area contributed by atoms with Crippen molar-refractivity contribution >= 4 is 51.4 Å². The van der Waals surface area contributed by atoms with Crippen LogP contribution in [0.5, 0.6) is 0 Å². The Labute approximate surface area is 191 Å². The van der Waals surface area contributed by atoms with Crippen LogP contribution in [0.1, 0.15) is 5.56 Å². The number of nitro groups is 1. The first-order valence-corrected chi connectivity index (χ1v) is 10.5. The summed E-state index contributed by atoms with van der Waals surface area (Å²) >= 11 is 3.43. The van der Waals surface area contributed by atoms with Crippen molar-refractivity contribution in [3.8, 4) is 0 Å². The van der Waals surface area contributed by atoms with Gasteiger partial charge in [0, 0.05) is 35.4 Å². The number of nitro benzene ring substituents is 1. The van der Waals surface area contributed by atoms with Gasteiger partial charge in [-0.3, -0.25) is 10.1 Å². The maximum absolute atomic E-state index is 10.9. The number of hydrogen-bond acceptors (Lipinski definition) is 10. The molecule has 1 fully saturated rings. The lowest BCUT2D eigenvalue weighted by molar-refractivity contribution is -0.384. The Morgan fingerprint density at radius 2 is 1.84 bits per heavy atom. The molecule has 1 aliphatic rings. The van der Waals surface area contributed by atoms with Crippen LogP contribution in [0.2, 0.25) is 0 Å². The van der Waals surface area contributed by atoms with E-state index in [4.69, 9.17) is 4.74 Å². The number of nitrogens with one attached hydrogen (secondary N) is 2. The molecule has 32 heavy (non-hydrogen) atoms. The SMILES string of the molecule is O=[N+]([O-])c1ccc(Nc2nc(N/N=C/c3cccc(Br)c3)nc(N3CCOCC3)n2)cc1. The highest BCUT2D eigenvalue weighted by Gasteiger charge is 2.17. The topological polar surface area (TPSA) is 131 Å². The molecule has 3 aromatic rings. The van der Waals surface area contributed by atoms with E-state index >= 15 is 0 Å². The molecule has 0 unspecified atom stereocenters. The quantitative estimate of drug-likeness (QED) is 0.285. The minimum Gasteiger partial charge on any atom is -0.378 e. The van der Waals surface area contributed by atoms with Crippen molar-refractivity contribution in [1.82, 2.24) is 15.0 Å². The molecule has 0 amide bonds. The first-order valence-electron chi connectivity index (χ1n) is 9.72. The molecule has 0 bridgehead atoms. The average molecular weight is 499 g/mol. The molecule has 164 valence electrons. The molecule has 0 spiro atoms. The highest BCUT2D eigenvalue weighted by atomic mass is 79.9. The van der Waals surface area contributed by atoms with Crippen LogP contribution in [-0.2, 0) is 4.74 Å². The second-order valence-corrected chi connectivity index (χ2v) is 7.65. The lowest BCUT2D eigenvalue weighted by Gasteiger charge is -2.27. The molecule has 1 saturated heterocycles. The second kappa shape index (κ2) is 10.1. The van der Waals surface area contributed by atoms with E-state index in [2.05, 4.69) is 46.7 Å². The zero-order chi connectivity index (χ0) is 22.3. The third-order valence-corrected chi connectivity index (χ3v) is 4.97. The summed E-state index contributed by atoms with van der Waals surface area (Å²) in [5.74, 6) is 1.03. The molecule has 1 aromatic heterocycles. The van der Waals surface area contributed by atoms with E-state index in [9.17, 15) is 10.1 Å². The van der Waals surface area contributed by atoms with Gasteiger partial charge in [-0.15, -0.1) is 0 Å². The molecule has 1 aliphatic heterocycles. The Balaban J connectivity index is 1.56. The van der Waals surface area contributed by atoms with Gasteiger partial charge >= 0.3 is 0 Å². The summed E-state index contributed by atoms with van der Waals surface area (Å²) in [6, 6.07) is 13.7. The fourth-order valence-corrected chi connectivity index (χ4v) is 3.34. The number of hydrogen-bond donors (Lipinski definition) is 2. The Kier molecular flexibility index (Phi) is 6.82. The summed E-state index contributed by atoms with van der Waals surface area (Å²) < 4.78 is 6.35. The molecule has 2 N–H and O–H groups in total. The largest absolute Gasteiger partial charge is 0.378 e. The van der Waals surface area contributed by atoms with Gasteiger partial charge in [0.2, 0.25) is 17.8 Å². The summed E-state index contributed by atoms with van der Waals surface area (Å²) in [7, 11) is 0. The number of anilines is 4. The van der Waals surface area contributed by atoms with Gasteiger partial charge in [0.25, 0.3) is 5.69 Å². The van der Waals surface area contributed by atoms with E-state index in [1.54, 1.807) is 18.3 Å². The summed E-state index contributed by atoms with van der Waals surface area (Å²) in [5.41, 5.74) is 4.36. The number of halogens is 1. The van der Waals surface area contributed by atoms with Crippen LogP contribution in [0.15, 0.2) is 58.1 Å². The lowest BCUT2D eigenvalue weighted by Crippen LogP contribution is -2.37. The van der Waals surface area contributed by atoms with Crippen LogP contribution < -0.4 is 15.6 Å². The van der Waals surface area contributed by atoms with Crippen molar-refractivity contribution in [3.05, 3.63) is 68.7 Å². The van der Waals surface area contributed by atoms with E-state index in [1.165, 1.54) is 12.1 Å². The van der Waals surface area contributed by atoms with Crippen molar-refractivity contribution < 1.29 is 9.66 Å². The third kappa shape index (κ3) is 5.74. The molecule has 4 rings (SSSR count). The second-order valence-electron chi connectivity index (χ2n) is 6.74. The molecule has 0 aliphatic carbocycles. The van der Waals surface area contributed by atoms with Crippen LogP contribution in [0.4, 0.5) is 29.2 Å². The fraction of sp³-hybridized carbons (Fsp3) is 0.200. The molecule has 11 nitrogen and oxygen atoms in total. The normalized spacial score (nSPS) is 13.8. The first-order chi connectivity index (χ1) is 15.6. The van der Waals surface area contributed by atoms with Gasteiger partial charge in [0.05, 0.1) is 24.4 Å². The maximum Gasteiger partial charge on any atom is 0.269 e. The Hall–Kier alpha value is -3.64. The average Bonchev–Trinajstić information content (AvgIpc) is 2.80. The standard InChI is InChI=1S/C20H19BrN8O3/c21-15-3-1-2-14(12-15)13-22-27-19-24-18(23-16-4-6-17(7-5-16)29(30)31)25-20(26-19)28-8-10-32-11-9-28/h1-7,12-13H,8-11H2,(H2,23,24,25,26,27)/b22-13+. The van der Waals surface area contributed by atoms with Crippen LogP contribution in [-0.4, -0.2) is 52.4 Å². The number of nitrogens with zero attached hydrogens (tertiary/aromatic N) is 6. The highest BCUT2D eigenvalue weighted by Crippen LogP contribution is 2.21. The predicted octanol–water partition coefficient (Wildman–Crippen LogP) is 3.57. The van der Waals surface area contributed by atoms with Crippen molar-refractivity contribution in [2.45, 2.75) is 0 Å². The Morgan fingerprint density at radius 3 is 2.56 bits per heavy atom. The smallest absolute Gasteiger partial charge is 0.269 e. The molecule has 0 saturated carbocycles. The molecule has 0 atom stereocenters. The van der Waals surface area contributed by atoms with Gasteiger partial charge in [-0.05, 0) is 29.8 Å². The number of ether oxygens (including phenoxy) is 1. The molecule has 2 aromatic carbocycles. The van der Waals surface area contributed by atoms with Crippen LogP contribution in [0.3, 0.4) is 0 Å². The lowest BCUT2D eigenvalue weighted by atomic mass is 10.2. The van der Waals surface area contributed by atoms with Gasteiger partial charge in [0.1, 0.15) is 0 Å². The van der Waals surface area contributed by atoms with E-state index in [-0.39, 0.29) is 17.6 Å². The van der Waals surface area contributed by atoms with Crippen molar-refractivity contribution in [2.24, 2.45) is 5.10 Å². The monoisotopic (exact) mass is 498 g/mol. The third-order valence-electron chi connectivity index (χ3n) is 4.48. The van der Waals surface area contributed by atoms with Crippen molar-refractivity contribution in [2.75, 3.05) is 41.9 Å². The first kappa shape index (κ1) is 21.6. The predicted molar refractivity (Wildman–Crippen MR) is 125 cm³/mol. The van der Waals surface area contributed by atoms with Gasteiger partial charge < -0.3 is 15.0 Å². The fourth-order valence-electron chi connectivity index (χ4n) is 2.92. The van der Waals surface area contributed by atoms with E-state index < -0.39 is 4.92 Å². The van der Waals surface area contributed by atoms with Crippen molar-refractivity contribution in [1.29, 1.82) is 0 Å². The number of aromatic nitrogens is 3. The van der Waals surface area contributed by atoms with Gasteiger partial charge in [-0.25, -0.2) is 5.43 Å². The van der Waals surface area contributed by atoms with Crippen LogP contribution in [0.25, 0.3) is 0 Å². The number of hydrazone groups is 1. The van der Waals surface area contributed by atoms with Gasteiger partial charge in [-0.1, -0.05) is 28.1 Å². The summed E-state index contributed by atoms with van der Waals surface area (Å²) in [6.07, 6.45) is 1.66. The zero-order valence-corrected chi connectivity index (χ0v) is 18.4. The summed E-state index contributed by atoms with van der Waals surface area (Å²) in [4.78, 5) is 25.7.